The maximum Gasteiger partial charge on any atom is 0.272 e. The van der Waals surface area contributed by atoms with Gasteiger partial charge in [-0.05, 0) is 69.9 Å². The highest BCUT2D eigenvalue weighted by Crippen LogP contribution is 2.41. The third kappa shape index (κ3) is 3.22. The van der Waals surface area contributed by atoms with Crippen LogP contribution >= 0.6 is 0 Å². The molecule has 1 aliphatic carbocycles. The maximum absolute atomic E-state index is 12.8. The first-order valence-electron chi connectivity index (χ1n) is 9.50. The lowest BCUT2D eigenvalue weighted by Crippen LogP contribution is -2.29. The standard InChI is InChI=1S/C21H27N3O2/c1-13(15-7-8-19-16(11-15)9-10-26-19)22-20(25)17-12-18(14-5-6-14)24(23-17)21(2,3)4/h7-8,11-14H,5-6,9-10H2,1-4H3,(H,22,25)/t13-/m0/s1. The Labute approximate surface area is 154 Å². The highest BCUT2D eigenvalue weighted by atomic mass is 16.5. The van der Waals surface area contributed by atoms with Gasteiger partial charge in [0.1, 0.15) is 11.4 Å². The van der Waals surface area contributed by atoms with Gasteiger partial charge in [0.15, 0.2) is 0 Å². The molecule has 2 aliphatic rings. The molecule has 2 heterocycles. The first-order chi connectivity index (χ1) is 12.3. The molecule has 5 heteroatoms. The molecule has 1 N–H and O–H groups in total. The Morgan fingerprint density at radius 3 is 2.77 bits per heavy atom. The Morgan fingerprint density at radius 1 is 1.31 bits per heavy atom. The monoisotopic (exact) mass is 353 g/mol. The van der Waals surface area contributed by atoms with Crippen molar-refractivity contribution in [1.29, 1.82) is 0 Å². The molecule has 1 fully saturated rings. The van der Waals surface area contributed by atoms with Gasteiger partial charge in [0.25, 0.3) is 5.91 Å². The predicted molar refractivity (Wildman–Crippen MR) is 101 cm³/mol. The molecule has 1 amide bonds. The maximum atomic E-state index is 12.8. The summed E-state index contributed by atoms with van der Waals surface area (Å²) in [5.74, 6) is 1.40. The van der Waals surface area contributed by atoms with Crippen LogP contribution in [0.25, 0.3) is 0 Å². The largest absolute Gasteiger partial charge is 0.493 e. The van der Waals surface area contributed by atoms with E-state index in [4.69, 9.17) is 4.74 Å². The minimum absolute atomic E-state index is 0.0717. The number of aromatic nitrogens is 2. The van der Waals surface area contributed by atoms with Crippen molar-refractivity contribution in [2.24, 2.45) is 0 Å². The topological polar surface area (TPSA) is 56.2 Å². The second-order valence-corrected chi connectivity index (χ2v) is 8.47. The number of hydrogen-bond acceptors (Lipinski definition) is 3. The number of hydrogen-bond donors (Lipinski definition) is 1. The van der Waals surface area contributed by atoms with Gasteiger partial charge in [0, 0.05) is 18.0 Å². The molecule has 0 bridgehead atoms. The summed E-state index contributed by atoms with van der Waals surface area (Å²) in [6.07, 6.45) is 3.32. The van der Waals surface area contributed by atoms with E-state index in [-0.39, 0.29) is 17.5 Å². The van der Waals surface area contributed by atoms with Crippen molar-refractivity contribution in [3.8, 4) is 5.75 Å². The molecule has 0 spiro atoms. The van der Waals surface area contributed by atoms with Crippen LogP contribution in [-0.2, 0) is 12.0 Å². The number of nitrogens with one attached hydrogen (secondary N) is 1. The molecule has 0 radical (unpaired) electrons. The summed E-state index contributed by atoms with van der Waals surface area (Å²) < 4.78 is 7.58. The van der Waals surface area contributed by atoms with Crippen LogP contribution in [0.15, 0.2) is 24.3 Å². The molecule has 26 heavy (non-hydrogen) atoms. The van der Waals surface area contributed by atoms with E-state index in [0.29, 0.717) is 11.6 Å². The van der Waals surface area contributed by atoms with Gasteiger partial charge in [-0.2, -0.15) is 5.10 Å². The number of carbonyl (C=O) groups is 1. The van der Waals surface area contributed by atoms with E-state index in [1.165, 1.54) is 24.1 Å². The molecule has 138 valence electrons. The van der Waals surface area contributed by atoms with Crippen molar-refractivity contribution in [3.63, 3.8) is 0 Å². The van der Waals surface area contributed by atoms with Gasteiger partial charge in [-0.25, -0.2) is 0 Å². The van der Waals surface area contributed by atoms with Crippen molar-refractivity contribution >= 4 is 5.91 Å². The summed E-state index contributed by atoms with van der Waals surface area (Å²) in [5, 5.41) is 7.73. The fraction of sp³-hybridized carbons (Fsp3) is 0.524. The van der Waals surface area contributed by atoms with Gasteiger partial charge in [0.2, 0.25) is 0 Å². The quantitative estimate of drug-likeness (QED) is 0.906. The minimum Gasteiger partial charge on any atom is -0.493 e. The third-order valence-corrected chi connectivity index (χ3v) is 5.16. The molecule has 1 saturated carbocycles. The Hall–Kier alpha value is -2.30. The van der Waals surface area contributed by atoms with Crippen LogP contribution in [0.2, 0.25) is 0 Å². The van der Waals surface area contributed by atoms with Gasteiger partial charge in [-0.3, -0.25) is 9.48 Å². The lowest BCUT2D eigenvalue weighted by atomic mass is 10.0. The first-order valence-corrected chi connectivity index (χ1v) is 9.50. The number of carbonyl (C=O) groups excluding carboxylic acids is 1. The molecular formula is C21H27N3O2. The zero-order chi connectivity index (χ0) is 18.5. The van der Waals surface area contributed by atoms with E-state index in [2.05, 4.69) is 37.3 Å². The highest BCUT2D eigenvalue weighted by Gasteiger charge is 2.32. The zero-order valence-corrected chi connectivity index (χ0v) is 16.0. The number of benzene rings is 1. The second-order valence-electron chi connectivity index (χ2n) is 8.47. The lowest BCUT2D eigenvalue weighted by Gasteiger charge is -2.22. The van der Waals surface area contributed by atoms with Crippen molar-refractivity contribution in [3.05, 3.63) is 46.8 Å². The summed E-state index contributed by atoms with van der Waals surface area (Å²) in [7, 11) is 0. The number of fused-ring (bicyclic) bond motifs is 1. The normalized spacial score (nSPS) is 17.5. The van der Waals surface area contributed by atoms with Gasteiger partial charge >= 0.3 is 0 Å². The summed E-state index contributed by atoms with van der Waals surface area (Å²) in [6.45, 7) is 9.14. The van der Waals surface area contributed by atoms with Crippen LogP contribution in [0.4, 0.5) is 0 Å². The van der Waals surface area contributed by atoms with E-state index in [9.17, 15) is 4.79 Å². The summed E-state index contributed by atoms with van der Waals surface area (Å²) in [5.41, 5.74) is 3.89. The molecule has 1 aromatic carbocycles. The second kappa shape index (κ2) is 6.15. The SMILES string of the molecule is C[C@H](NC(=O)c1cc(C2CC2)n(C(C)(C)C)n1)c1ccc2c(c1)CCO2. The van der Waals surface area contributed by atoms with Crippen molar-refractivity contribution in [2.45, 2.75) is 64.5 Å². The van der Waals surface area contributed by atoms with Crippen LogP contribution in [0, 0.1) is 0 Å². The smallest absolute Gasteiger partial charge is 0.272 e. The van der Waals surface area contributed by atoms with Crippen LogP contribution < -0.4 is 10.1 Å². The molecule has 5 nitrogen and oxygen atoms in total. The van der Waals surface area contributed by atoms with Crippen LogP contribution in [0.5, 0.6) is 5.75 Å². The Morgan fingerprint density at radius 2 is 2.08 bits per heavy atom. The Bertz CT molecular complexity index is 843. The van der Waals surface area contributed by atoms with Crippen LogP contribution in [-0.4, -0.2) is 22.3 Å². The molecule has 0 saturated heterocycles. The van der Waals surface area contributed by atoms with E-state index >= 15 is 0 Å². The molecule has 1 atom stereocenters. The number of amides is 1. The Kier molecular flexibility index (Phi) is 4.05. The fourth-order valence-electron chi connectivity index (χ4n) is 3.54. The summed E-state index contributed by atoms with van der Waals surface area (Å²) in [6, 6.07) is 8.06. The van der Waals surface area contributed by atoms with Gasteiger partial charge < -0.3 is 10.1 Å². The highest BCUT2D eigenvalue weighted by molar-refractivity contribution is 5.92. The van der Waals surface area contributed by atoms with Crippen molar-refractivity contribution < 1.29 is 9.53 Å². The molecule has 4 rings (SSSR count). The molecule has 2 aromatic rings. The van der Waals surface area contributed by atoms with Gasteiger partial charge in [-0.1, -0.05) is 6.07 Å². The fourth-order valence-corrected chi connectivity index (χ4v) is 3.54. The zero-order valence-electron chi connectivity index (χ0n) is 16.0. The molecule has 0 unspecified atom stereocenters. The van der Waals surface area contributed by atoms with Gasteiger partial charge in [-0.15, -0.1) is 0 Å². The van der Waals surface area contributed by atoms with Crippen molar-refractivity contribution in [2.75, 3.05) is 6.61 Å². The number of rotatable bonds is 4. The summed E-state index contributed by atoms with van der Waals surface area (Å²) >= 11 is 0. The number of ether oxygens (including phenoxy) is 1. The van der Waals surface area contributed by atoms with Crippen molar-refractivity contribution in [1.82, 2.24) is 15.1 Å². The third-order valence-electron chi connectivity index (χ3n) is 5.16. The first kappa shape index (κ1) is 17.1. The van der Waals surface area contributed by atoms with E-state index < -0.39 is 0 Å². The minimum atomic E-state index is -0.123. The van der Waals surface area contributed by atoms with Crippen LogP contribution in [0.3, 0.4) is 0 Å². The Balaban J connectivity index is 1.53. The van der Waals surface area contributed by atoms with Gasteiger partial charge in [0.05, 0.1) is 18.2 Å². The van der Waals surface area contributed by atoms with E-state index in [0.717, 1.165) is 24.3 Å². The lowest BCUT2D eigenvalue weighted by molar-refractivity contribution is 0.0933. The predicted octanol–water partition coefficient (Wildman–Crippen LogP) is 3.94. The average molecular weight is 353 g/mol. The average Bonchev–Trinajstić information content (AvgIpc) is 3.15. The van der Waals surface area contributed by atoms with E-state index in [1.807, 2.05) is 29.8 Å². The molecule has 1 aromatic heterocycles. The molecule has 1 aliphatic heterocycles. The van der Waals surface area contributed by atoms with E-state index in [1.54, 1.807) is 0 Å². The number of nitrogens with zero attached hydrogens (tertiary/aromatic N) is 2. The summed E-state index contributed by atoms with van der Waals surface area (Å²) in [4.78, 5) is 12.8. The van der Waals surface area contributed by atoms with Crippen LogP contribution in [0.1, 0.15) is 79.8 Å². The molecular weight excluding hydrogens is 326 g/mol.